The van der Waals surface area contributed by atoms with Crippen LogP contribution in [0.5, 0.6) is 0 Å². The van der Waals surface area contributed by atoms with Gasteiger partial charge in [0.05, 0.1) is 6.04 Å². The minimum absolute atomic E-state index is 0.126. The van der Waals surface area contributed by atoms with Crippen LogP contribution < -0.4 is 10.7 Å². The van der Waals surface area contributed by atoms with Crippen LogP contribution in [0.25, 0.3) is 0 Å². The van der Waals surface area contributed by atoms with Crippen LogP contribution in [0.4, 0.5) is 0 Å². The van der Waals surface area contributed by atoms with E-state index in [1.807, 2.05) is 18.4 Å². The Morgan fingerprint density at radius 1 is 1.45 bits per heavy atom. The molecule has 1 N–H and O–H groups in total. The maximum Gasteiger partial charge on any atom is 0.257 e. The van der Waals surface area contributed by atoms with Crippen LogP contribution in [0, 0.1) is 6.92 Å². The van der Waals surface area contributed by atoms with Crippen LogP contribution >= 0.6 is 0 Å². The molecule has 0 aliphatic heterocycles. The highest BCUT2D eigenvalue weighted by Crippen LogP contribution is 2.10. The predicted molar refractivity (Wildman–Crippen MR) is 82.6 cm³/mol. The van der Waals surface area contributed by atoms with Gasteiger partial charge >= 0.3 is 0 Å². The van der Waals surface area contributed by atoms with Gasteiger partial charge in [0.2, 0.25) is 0 Å². The Morgan fingerprint density at radius 2 is 2.18 bits per heavy atom. The summed E-state index contributed by atoms with van der Waals surface area (Å²) in [6.07, 6.45) is 4.15. The lowest BCUT2D eigenvalue weighted by Crippen LogP contribution is -2.32. The van der Waals surface area contributed by atoms with Gasteiger partial charge in [0.15, 0.2) is 11.3 Å². The Balaban J connectivity index is 2.20. The topological polar surface area (TPSA) is 81.8 Å². The molecule has 7 heteroatoms. The lowest BCUT2D eigenvalue weighted by Gasteiger charge is -2.15. The molecule has 0 bridgehead atoms. The smallest absolute Gasteiger partial charge is 0.257 e. The molecule has 2 heterocycles. The zero-order valence-corrected chi connectivity index (χ0v) is 13.3. The Kier molecular flexibility index (Phi) is 4.75. The lowest BCUT2D eigenvalue weighted by atomic mass is 10.2. The van der Waals surface area contributed by atoms with Crippen molar-refractivity contribution in [3.05, 3.63) is 45.9 Å². The second-order valence-corrected chi connectivity index (χ2v) is 5.38. The van der Waals surface area contributed by atoms with E-state index in [9.17, 15) is 9.59 Å². The summed E-state index contributed by atoms with van der Waals surface area (Å²) in [6, 6.07) is 1.13. The van der Waals surface area contributed by atoms with Crippen molar-refractivity contribution >= 4 is 5.91 Å². The van der Waals surface area contributed by atoms with E-state index in [2.05, 4.69) is 22.4 Å². The van der Waals surface area contributed by atoms with Gasteiger partial charge in [0.25, 0.3) is 5.91 Å². The Bertz CT molecular complexity index is 732. The molecular weight excluding hydrogens is 282 g/mol. The van der Waals surface area contributed by atoms with E-state index in [-0.39, 0.29) is 17.0 Å². The van der Waals surface area contributed by atoms with Gasteiger partial charge in [-0.3, -0.25) is 9.59 Å². The molecule has 0 saturated heterocycles. The average Bonchev–Trinajstić information content (AvgIpc) is 2.91. The van der Waals surface area contributed by atoms with Crippen molar-refractivity contribution in [1.29, 1.82) is 0 Å². The van der Waals surface area contributed by atoms with Crippen LogP contribution in [-0.4, -0.2) is 25.2 Å². The van der Waals surface area contributed by atoms with Gasteiger partial charge in [-0.15, -0.1) is 10.2 Å². The summed E-state index contributed by atoms with van der Waals surface area (Å²) in [4.78, 5) is 24.3. The lowest BCUT2D eigenvalue weighted by molar-refractivity contribution is 0.0935. The van der Waals surface area contributed by atoms with Crippen LogP contribution in [0.1, 0.15) is 48.2 Å². The maximum absolute atomic E-state index is 12.3. The number of hydrogen-bond donors (Lipinski definition) is 1. The van der Waals surface area contributed by atoms with E-state index in [0.717, 1.165) is 18.7 Å². The van der Waals surface area contributed by atoms with Crippen LogP contribution in [0.3, 0.4) is 0 Å². The third kappa shape index (κ3) is 3.24. The van der Waals surface area contributed by atoms with E-state index in [0.29, 0.717) is 5.82 Å². The van der Waals surface area contributed by atoms with Gasteiger partial charge in [0, 0.05) is 31.5 Å². The SMILES string of the molecule is CCCn1cnnc1C(C)NC(=O)c1cn(C)c(C)cc1=O. The second kappa shape index (κ2) is 6.55. The Labute approximate surface area is 129 Å². The van der Waals surface area contributed by atoms with Crippen molar-refractivity contribution in [2.75, 3.05) is 0 Å². The number of aryl methyl sites for hydroxylation is 3. The number of amides is 1. The van der Waals surface area contributed by atoms with Crippen LogP contribution in [-0.2, 0) is 13.6 Å². The monoisotopic (exact) mass is 303 g/mol. The molecule has 1 amide bonds. The highest BCUT2D eigenvalue weighted by Gasteiger charge is 2.18. The first-order chi connectivity index (χ1) is 10.4. The maximum atomic E-state index is 12.3. The molecule has 1 atom stereocenters. The van der Waals surface area contributed by atoms with E-state index in [1.54, 1.807) is 24.1 Å². The molecular formula is C15H21N5O2. The van der Waals surface area contributed by atoms with Crippen molar-refractivity contribution < 1.29 is 4.79 Å². The molecule has 22 heavy (non-hydrogen) atoms. The highest BCUT2D eigenvalue weighted by atomic mass is 16.2. The van der Waals surface area contributed by atoms with Crippen molar-refractivity contribution in [2.24, 2.45) is 7.05 Å². The fourth-order valence-corrected chi connectivity index (χ4v) is 2.25. The summed E-state index contributed by atoms with van der Waals surface area (Å²) in [7, 11) is 1.80. The number of pyridine rings is 1. The standard InChI is InChI=1S/C15H21N5O2/c1-5-6-20-9-16-18-14(20)11(3)17-15(22)12-8-19(4)10(2)7-13(12)21/h7-9,11H,5-6H2,1-4H3,(H,17,22). The van der Waals surface area contributed by atoms with Crippen LogP contribution in [0.15, 0.2) is 23.4 Å². The van der Waals surface area contributed by atoms with Crippen molar-refractivity contribution in [3.8, 4) is 0 Å². The van der Waals surface area contributed by atoms with Gasteiger partial charge < -0.3 is 14.5 Å². The molecule has 0 radical (unpaired) electrons. The molecule has 2 aromatic heterocycles. The molecule has 0 aromatic carbocycles. The summed E-state index contributed by atoms with van der Waals surface area (Å²) in [6.45, 7) is 6.49. The molecule has 2 rings (SSSR count). The Hall–Kier alpha value is -2.44. The summed E-state index contributed by atoms with van der Waals surface area (Å²) in [5.74, 6) is 0.276. The van der Waals surface area contributed by atoms with Gasteiger partial charge in [-0.05, 0) is 20.3 Å². The van der Waals surface area contributed by atoms with Gasteiger partial charge in [-0.25, -0.2) is 0 Å². The van der Waals surface area contributed by atoms with Crippen LogP contribution in [0.2, 0.25) is 0 Å². The largest absolute Gasteiger partial charge is 0.354 e. The highest BCUT2D eigenvalue weighted by molar-refractivity contribution is 5.94. The second-order valence-electron chi connectivity index (χ2n) is 5.38. The average molecular weight is 303 g/mol. The van der Waals surface area contributed by atoms with Gasteiger partial charge in [-0.2, -0.15) is 0 Å². The molecule has 7 nitrogen and oxygen atoms in total. The fourth-order valence-electron chi connectivity index (χ4n) is 2.25. The number of nitrogens with one attached hydrogen (secondary N) is 1. The first-order valence-corrected chi connectivity index (χ1v) is 7.29. The summed E-state index contributed by atoms with van der Waals surface area (Å²) < 4.78 is 3.65. The van der Waals surface area contributed by atoms with E-state index >= 15 is 0 Å². The quantitative estimate of drug-likeness (QED) is 0.899. The molecule has 0 aliphatic rings. The van der Waals surface area contributed by atoms with Gasteiger partial charge in [-0.1, -0.05) is 6.92 Å². The molecule has 0 spiro atoms. The summed E-state index contributed by atoms with van der Waals surface area (Å²) in [5.41, 5.74) is 0.647. The Morgan fingerprint density at radius 3 is 2.86 bits per heavy atom. The number of nitrogens with zero attached hydrogens (tertiary/aromatic N) is 4. The minimum atomic E-state index is -0.404. The normalized spacial score (nSPS) is 12.2. The zero-order valence-electron chi connectivity index (χ0n) is 13.3. The molecule has 0 aliphatic carbocycles. The van der Waals surface area contributed by atoms with E-state index < -0.39 is 5.91 Å². The number of rotatable bonds is 5. The third-order valence-electron chi connectivity index (χ3n) is 3.57. The predicted octanol–water partition coefficient (Wildman–Crippen LogP) is 1.19. The van der Waals surface area contributed by atoms with E-state index in [4.69, 9.17) is 0 Å². The van der Waals surface area contributed by atoms with Gasteiger partial charge in [0.1, 0.15) is 11.9 Å². The molecule has 0 saturated carbocycles. The molecule has 0 fully saturated rings. The molecule has 118 valence electrons. The summed E-state index contributed by atoms with van der Waals surface area (Å²) >= 11 is 0. The van der Waals surface area contributed by atoms with Crippen molar-refractivity contribution in [1.82, 2.24) is 24.6 Å². The van der Waals surface area contributed by atoms with E-state index in [1.165, 1.54) is 6.07 Å². The first-order valence-electron chi connectivity index (χ1n) is 7.29. The molecule has 2 aromatic rings. The van der Waals surface area contributed by atoms with Crippen molar-refractivity contribution in [3.63, 3.8) is 0 Å². The molecule has 1 unspecified atom stereocenters. The zero-order chi connectivity index (χ0) is 16.3. The number of carbonyl (C=O) groups is 1. The number of carbonyl (C=O) groups excluding carboxylic acids is 1. The fraction of sp³-hybridized carbons (Fsp3) is 0.467. The number of hydrogen-bond acceptors (Lipinski definition) is 4. The minimum Gasteiger partial charge on any atom is -0.354 e. The number of aromatic nitrogens is 4. The van der Waals surface area contributed by atoms with Crippen molar-refractivity contribution in [2.45, 2.75) is 39.8 Å². The first kappa shape index (κ1) is 15.9. The summed E-state index contributed by atoms with van der Waals surface area (Å²) in [5, 5.41) is 10.7. The third-order valence-corrected chi connectivity index (χ3v) is 3.57.